The Morgan fingerprint density at radius 1 is 1.28 bits per heavy atom. The third-order valence-electron chi connectivity index (χ3n) is 5.19. The molecule has 7 nitrogen and oxygen atoms in total. The van der Waals surface area contributed by atoms with Gasteiger partial charge in [0, 0.05) is 24.7 Å². The summed E-state index contributed by atoms with van der Waals surface area (Å²) in [5, 5.41) is 3.28. The first-order chi connectivity index (χ1) is 13.5. The molecule has 1 aromatic rings. The summed E-state index contributed by atoms with van der Waals surface area (Å²) in [7, 11) is 0. The van der Waals surface area contributed by atoms with Crippen LogP contribution in [0.3, 0.4) is 0 Å². The highest BCUT2D eigenvalue weighted by molar-refractivity contribution is 14.0. The first kappa shape index (κ1) is 23.6. The molecule has 162 valence electrons. The van der Waals surface area contributed by atoms with Gasteiger partial charge in [0.05, 0.1) is 19.8 Å². The Bertz CT molecular complexity index is 701. The van der Waals surface area contributed by atoms with Gasteiger partial charge in [-0.05, 0) is 57.1 Å². The number of guanidine groups is 1. The van der Waals surface area contributed by atoms with Crippen molar-refractivity contribution < 1.29 is 14.3 Å². The van der Waals surface area contributed by atoms with Gasteiger partial charge in [-0.15, -0.1) is 24.0 Å². The second-order valence-electron chi connectivity index (χ2n) is 7.67. The largest absolute Gasteiger partial charge is 0.493 e. The maximum absolute atomic E-state index is 11.8. The lowest BCUT2D eigenvalue weighted by Crippen LogP contribution is -2.48. The summed E-state index contributed by atoms with van der Waals surface area (Å²) in [6, 6.07) is 6.43. The van der Waals surface area contributed by atoms with E-state index in [1.807, 2.05) is 6.92 Å². The average Bonchev–Trinajstić information content (AvgIpc) is 3.51. The zero-order valence-corrected chi connectivity index (χ0v) is 19.7. The van der Waals surface area contributed by atoms with Crippen LogP contribution in [-0.2, 0) is 11.3 Å². The summed E-state index contributed by atoms with van der Waals surface area (Å²) in [5.74, 6) is 2.05. The van der Waals surface area contributed by atoms with Crippen LogP contribution in [-0.4, -0.2) is 49.3 Å². The van der Waals surface area contributed by atoms with Gasteiger partial charge in [0.2, 0.25) is 0 Å². The lowest BCUT2D eigenvalue weighted by Gasteiger charge is -2.31. The molecule has 8 heteroatoms. The van der Waals surface area contributed by atoms with Crippen LogP contribution in [0.2, 0.25) is 0 Å². The normalized spacial score (nSPS) is 17.4. The van der Waals surface area contributed by atoms with Crippen molar-refractivity contribution in [3.8, 4) is 5.75 Å². The molecule has 0 unspecified atom stereocenters. The molecule has 1 saturated heterocycles. The minimum atomic E-state index is -0.235. The number of benzene rings is 1. The van der Waals surface area contributed by atoms with Gasteiger partial charge in [0.15, 0.2) is 5.96 Å². The summed E-state index contributed by atoms with van der Waals surface area (Å²) in [6.07, 6.45) is 3.96. The van der Waals surface area contributed by atoms with Gasteiger partial charge in [0.1, 0.15) is 5.75 Å². The molecule has 1 saturated carbocycles. The van der Waals surface area contributed by atoms with Crippen LogP contribution in [0.4, 0.5) is 4.79 Å². The minimum absolute atomic E-state index is 0. The fourth-order valence-corrected chi connectivity index (χ4v) is 3.27. The van der Waals surface area contributed by atoms with Crippen LogP contribution in [0.1, 0.15) is 43.7 Å². The molecule has 2 aliphatic rings. The first-order valence-electron chi connectivity index (χ1n) is 10.3. The van der Waals surface area contributed by atoms with Gasteiger partial charge in [-0.25, -0.2) is 9.79 Å². The molecular weight excluding hydrogens is 483 g/mol. The Kier molecular flexibility index (Phi) is 9.32. The number of piperidine rings is 1. The number of rotatable bonds is 7. The fourth-order valence-electron chi connectivity index (χ4n) is 3.27. The second-order valence-corrected chi connectivity index (χ2v) is 7.67. The molecule has 3 N–H and O–H groups in total. The molecule has 1 aliphatic carbocycles. The number of ether oxygens (including phenoxy) is 2. The van der Waals surface area contributed by atoms with E-state index in [4.69, 9.17) is 15.2 Å². The molecule has 1 aromatic carbocycles. The Balaban J connectivity index is 0.00000300. The van der Waals surface area contributed by atoms with Crippen molar-refractivity contribution in [2.75, 3.05) is 26.3 Å². The number of likely N-dealkylation sites (tertiary alicyclic amines) is 1. The van der Waals surface area contributed by atoms with Gasteiger partial charge < -0.3 is 25.4 Å². The molecule has 2 fully saturated rings. The quantitative estimate of drug-likeness (QED) is 0.330. The number of amides is 1. The van der Waals surface area contributed by atoms with Crippen LogP contribution in [0, 0.1) is 12.8 Å². The second kappa shape index (κ2) is 11.5. The van der Waals surface area contributed by atoms with Crippen LogP contribution in [0.15, 0.2) is 23.2 Å². The maximum atomic E-state index is 11.8. The lowest BCUT2D eigenvalue weighted by atomic mass is 10.1. The Morgan fingerprint density at radius 2 is 2.00 bits per heavy atom. The number of aliphatic imine (C=N–C) groups is 1. The number of nitrogens with two attached hydrogens (primary N) is 1. The van der Waals surface area contributed by atoms with Gasteiger partial charge in [0.25, 0.3) is 0 Å². The average molecular weight is 516 g/mol. The number of nitrogens with one attached hydrogen (secondary N) is 1. The van der Waals surface area contributed by atoms with E-state index in [9.17, 15) is 4.79 Å². The smallest absolute Gasteiger partial charge is 0.409 e. The van der Waals surface area contributed by atoms with E-state index in [2.05, 4.69) is 35.4 Å². The van der Waals surface area contributed by atoms with E-state index in [0.29, 0.717) is 38.1 Å². The molecule has 29 heavy (non-hydrogen) atoms. The predicted molar refractivity (Wildman–Crippen MR) is 125 cm³/mol. The van der Waals surface area contributed by atoms with E-state index in [-0.39, 0.29) is 36.1 Å². The van der Waals surface area contributed by atoms with Crippen LogP contribution in [0.5, 0.6) is 5.75 Å². The number of aryl methyl sites for hydroxylation is 1. The van der Waals surface area contributed by atoms with Crippen molar-refractivity contribution in [2.45, 2.75) is 52.1 Å². The predicted octanol–water partition coefficient (Wildman–Crippen LogP) is 3.43. The molecule has 0 aromatic heterocycles. The van der Waals surface area contributed by atoms with E-state index in [1.54, 1.807) is 4.90 Å². The third-order valence-corrected chi connectivity index (χ3v) is 5.19. The van der Waals surface area contributed by atoms with Crippen LogP contribution >= 0.6 is 24.0 Å². The highest BCUT2D eigenvalue weighted by Gasteiger charge is 2.24. The van der Waals surface area contributed by atoms with Crippen molar-refractivity contribution in [3.05, 3.63) is 29.3 Å². The molecule has 1 amide bonds. The Hall–Kier alpha value is -1.71. The number of carbonyl (C=O) groups is 1. The number of carbonyl (C=O) groups excluding carboxylic acids is 1. The maximum Gasteiger partial charge on any atom is 0.409 e. The Labute approximate surface area is 190 Å². The standard InChI is InChI=1S/C21H32N4O3.HI/c1-3-27-21(26)25-10-8-18(9-11-25)24-20(22)23-13-17-7-4-15(2)12-19(17)28-14-16-5-6-16;/h4,7,12,16,18H,3,5-6,8-11,13-14H2,1-2H3,(H3,22,23,24);1H. The number of nitrogens with zero attached hydrogens (tertiary/aromatic N) is 2. The molecule has 1 heterocycles. The van der Waals surface area contributed by atoms with Gasteiger partial charge >= 0.3 is 6.09 Å². The molecule has 3 rings (SSSR count). The summed E-state index contributed by atoms with van der Waals surface area (Å²) in [6.45, 7) is 6.90. The number of halogens is 1. The summed E-state index contributed by atoms with van der Waals surface area (Å²) in [4.78, 5) is 18.0. The zero-order valence-electron chi connectivity index (χ0n) is 17.4. The zero-order chi connectivity index (χ0) is 19.9. The third kappa shape index (κ3) is 7.56. The van der Waals surface area contributed by atoms with Crippen LogP contribution < -0.4 is 15.8 Å². The Morgan fingerprint density at radius 3 is 2.66 bits per heavy atom. The fraction of sp³-hybridized carbons (Fsp3) is 0.619. The molecule has 0 atom stereocenters. The van der Waals surface area contributed by atoms with Crippen molar-refractivity contribution >= 4 is 36.0 Å². The summed E-state index contributed by atoms with van der Waals surface area (Å²) in [5.41, 5.74) is 8.33. The number of hydrogen-bond acceptors (Lipinski definition) is 4. The van der Waals surface area contributed by atoms with Crippen molar-refractivity contribution in [3.63, 3.8) is 0 Å². The molecule has 0 radical (unpaired) electrons. The molecular formula is C21H33IN4O3. The molecule has 0 bridgehead atoms. The summed E-state index contributed by atoms with van der Waals surface area (Å²) < 4.78 is 11.0. The minimum Gasteiger partial charge on any atom is -0.493 e. The monoisotopic (exact) mass is 516 g/mol. The number of hydrogen-bond donors (Lipinski definition) is 2. The van der Waals surface area contributed by atoms with E-state index < -0.39 is 0 Å². The van der Waals surface area contributed by atoms with Gasteiger partial charge in [-0.2, -0.15) is 0 Å². The first-order valence-corrected chi connectivity index (χ1v) is 10.3. The van der Waals surface area contributed by atoms with Crippen LogP contribution in [0.25, 0.3) is 0 Å². The topological polar surface area (TPSA) is 89.2 Å². The highest BCUT2D eigenvalue weighted by atomic mass is 127. The van der Waals surface area contributed by atoms with Crippen molar-refractivity contribution in [1.29, 1.82) is 0 Å². The SMILES string of the molecule is CCOC(=O)N1CCC(NC(N)=NCc2ccc(C)cc2OCC2CC2)CC1.I. The van der Waals surface area contributed by atoms with Gasteiger partial charge in [-0.3, -0.25) is 0 Å². The van der Waals surface area contributed by atoms with E-state index in [0.717, 1.165) is 30.8 Å². The molecule has 0 spiro atoms. The van der Waals surface area contributed by atoms with Crippen molar-refractivity contribution in [1.82, 2.24) is 10.2 Å². The van der Waals surface area contributed by atoms with E-state index in [1.165, 1.54) is 18.4 Å². The molecule has 1 aliphatic heterocycles. The van der Waals surface area contributed by atoms with E-state index >= 15 is 0 Å². The van der Waals surface area contributed by atoms with Gasteiger partial charge in [-0.1, -0.05) is 12.1 Å². The lowest BCUT2D eigenvalue weighted by molar-refractivity contribution is 0.0963. The summed E-state index contributed by atoms with van der Waals surface area (Å²) >= 11 is 0. The highest BCUT2D eigenvalue weighted by Crippen LogP contribution is 2.31. The van der Waals surface area contributed by atoms with Crippen molar-refractivity contribution in [2.24, 2.45) is 16.6 Å².